The van der Waals surface area contributed by atoms with Crippen LogP contribution < -0.4 is 30.5 Å². The highest BCUT2D eigenvalue weighted by Crippen LogP contribution is 2.38. The van der Waals surface area contributed by atoms with Crippen molar-refractivity contribution in [3.8, 4) is 17.2 Å². The average Bonchev–Trinajstić information content (AvgIpc) is 3.24. The number of carbonyl (C=O) groups is 1. The number of benzene rings is 2. The maximum Gasteiger partial charge on any atom is 0.258 e. The van der Waals surface area contributed by atoms with Crippen LogP contribution in [0.1, 0.15) is 23.6 Å². The molecule has 2 atom stereocenters. The van der Waals surface area contributed by atoms with Gasteiger partial charge in [0.1, 0.15) is 6.04 Å². The molecule has 0 saturated carbocycles. The molecule has 8 nitrogen and oxygen atoms in total. The lowest BCUT2D eigenvalue weighted by atomic mass is 10.0. The van der Waals surface area contributed by atoms with E-state index in [0.29, 0.717) is 34.3 Å². The van der Waals surface area contributed by atoms with Crippen LogP contribution in [0, 0.1) is 0 Å². The van der Waals surface area contributed by atoms with Gasteiger partial charge in [0.2, 0.25) is 5.75 Å². The number of nitrogens with one attached hydrogen (secondary N) is 3. The normalized spacial score (nSPS) is 18.6. The lowest BCUT2D eigenvalue weighted by Crippen LogP contribution is -2.41. The number of carbonyl (C=O) groups excluding carboxylic acids is 1. The number of rotatable bonds is 7. The third-order valence-corrected chi connectivity index (χ3v) is 4.86. The molecule has 2 aromatic carbocycles. The van der Waals surface area contributed by atoms with Crippen molar-refractivity contribution in [2.45, 2.75) is 18.5 Å². The molecule has 1 saturated heterocycles. The van der Waals surface area contributed by atoms with Gasteiger partial charge >= 0.3 is 0 Å². The first-order valence-corrected chi connectivity index (χ1v) is 9.33. The number of amides is 1. The van der Waals surface area contributed by atoms with Crippen LogP contribution in [0.15, 0.2) is 41.5 Å². The minimum atomic E-state index is -0.417. The minimum absolute atomic E-state index is 0.0120. The summed E-state index contributed by atoms with van der Waals surface area (Å²) in [4.78, 5) is 12.4. The van der Waals surface area contributed by atoms with Gasteiger partial charge in [0, 0.05) is 16.6 Å². The zero-order valence-corrected chi connectivity index (χ0v) is 17.1. The van der Waals surface area contributed by atoms with Crippen LogP contribution in [0.4, 0.5) is 0 Å². The smallest absolute Gasteiger partial charge is 0.258 e. The van der Waals surface area contributed by atoms with Crippen molar-refractivity contribution in [1.82, 2.24) is 16.3 Å². The van der Waals surface area contributed by atoms with Gasteiger partial charge in [-0.15, -0.1) is 0 Å². The summed E-state index contributed by atoms with van der Waals surface area (Å²) < 4.78 is 16.0. The van der Waals surface area contributed by atoms with Gasteiger partial charge in [-0.3, -0.25) is 4.79 Å². The van der Waals surface area contributed by atoms with Crippen LogP contribution >= 0.6 is 11.6 Å². The monoisotopic (exact) mass is 418 g/mol. The first-order chi connectivity index (χ1) is 14.1. The summed E-state index contributed by atoms with van der Waals surface area (Å²) in [5.41, 5.74) is 10.4. The number of nitrogens with zero attached hydrogens (tertiary/aromatic N) is 1. The molecule has 154 valence electrons. The van der Waals surface area contributed by atoms with Crippen molar-refractivity contribution < 1.29 is 19.0 Å². The van der Waals surface area contributed by atoms with Crippen LogP contribution in [0.25, 0.3) is 0 Å². The topological polar surface area (TPSA) is 93.2 Å². The Labute approximate surface area is 174 Å². The van der Waals surface area contributed by atoms with Crippen LogP contribution in [0.3, 0.4) is 0 Å². The summed E-state index contributed by atoms with van der Waals surface area (Å²) in [5.74, 6) is 1.22. The Bertz CT molecular complexity index is 889. The lowest BCUT2D eigenvalue weighted by molar-refractivity contribution is -0.122. The van der Waals surface area contributed by atoms with E-state index in [1.165, 1.54) is 20.4 Å². The number of methoxy groups -OCH3 is 3. The SMILES string of the molecule is COc1ccc(/C=N/NC(=O)C2CC(c3ccc(Cl)cc3)NN2)c(OC)c1OC. The van der Waals surface area contributed by atoms with Crippen molar-refractivity contribution >= 4 is 23.7 Å². The standard InChI is InChI=1S/C20H23ClN4O4/c1-27-17-9-6-13(18(28-2)19(17)29-3)11-22-25-20(26)16-10-15(23-24-16)12-4-7-14(21)8-5-12/h4-9,11,15-16,23-24H,10H2,1-3H3,(H,25,26)/b22-11+. The highest BCUT2D eigenvalue weighted by atomic mass is 35.5. The molecule has 2 unspecified atom stereocenters. The van der Waals surface area contributed by atoms with Gasteiger partial charge in [-0.05, 0) is 36.2 Å². The van der Waals surface area contributed by atoms with Gasteiger partial charge in [0.25, 0.3) is 5.91 Å². The maximum absolute atomic E-state index is 12.4. The Morgan fingerprint density at radius 1 is 1.07 bits per heavy atom. The predicted octanol–water partition coefficient (Wildman–Crippen LogP) is 2.42. The van der Waals surface area contributed by atoms with Crippen molar-refractivity contribution in [3.05, 3.63) is 52.5 Å². The summed E-state index contributed by atoms with van der Waals surface area (Å²) in [7, 11) is 4.60. The Balaban J connectivity index is 1.62. The summed E-state index contributed by atoms with van der Waals surface area (Å²) in [6.07, 6.45) is 2.08. The van der Waals surface area contributed by atoms with Gasteiger partial charge in [-0.25, -0.2) is 16.3 Å². The third kappa shape index (κ3) is 4.79. The van der Waals surface area contributed by atoms with Crippen LogP contribution in [-0.4, -0.2) is 39.5 Å². The van der Waals surface area contributed by atoms with E-state index in [2.05, 4.69) is 21.4 Å². The van der Waals surface area contributed by atoms with E-state index in [0.717, 1.165) is 5.56 Å². The molecular weight excluding hydrogens is 396 g/mol. The average molecular weight is 419 g/mol. The van der Waals surface area contributed by atoms with Crippen molar-refractivity contribution in [2.75, 3.05) is 21.3 Å². The highest BCUT2D eigenvalue weighted by Gasteiger charge is 2.30. The Morgan fingerprint density at radius 2 is 1.79 bits per heavy atom. The molecule has 0 spiro atoms. The van der Waals surface area contributed by atoms with Crippen molar-refractivity contribution in [3.63, 3.8) is 0 Å². The van der Waals surface area contributed by atoms with E-state index in [4.69, 9.17) is 25.8 Å². The fraction of sp³-hybridized carbons (Fsp3) is 0.300. The molecule has 1 aliphatic heterocycles. The highest BCUT2D eigenvalue weighted by molar-refractivity contribution is 6.30. The van der Waals surface area contributed by atoms with Gasteiger partial charge in [0.15, 0.2) is 11.5 Å². The molecule has 1 aliphatic rings. The van der Waals surface area contributed by atoms with E-state index in [9.17, 15) is 4.79 Å². The van der Waals surface area contributed by atoms with E-state index in [-0.39, 0.29) is 11.9 Å². The molecule has 0 aliphatic carbocycles. The predicted molar refractivity (Wildman–Crippen MR) is 111 cm³/mol. The number of ether oxygens (including phenoxy) is 3. The van der Waals surface area contributed by atoms with Crippen LogP contribution in [0.2, 0.25) is 5.02 Å². The quantitative estimate of drug-likeness (QED) is 0.472. The van der Waals surface area contributed by atoms with E-state index >= 15 is 0 Å². The minimum Gasteiger partial charge on any atom is -0.493 e. The third-order valence-electron chi connectivity index (χ3n) is 4.61. The molecule has 0 bridgehead atoms. The lowest BCUT2D eigenvalue weighted by Gasteiger charge is -2.13. The molecule has 0 radical (unpaired) electrons. The number of hydrogen-bond acceptors (Lipinski definition) is 7. The van der Waals surface area contributed by atoms with Crippen LogP contribution in [0.5, 0.6) is 17.2 Å². The molecule has 1 fully saturated rings. The molecule has 2 aromatic rings. The van der Waals surface area contributed by atoms with E-state index in [1.807, 2.05) is 24.3 Å². The Morgan fingerprint density at radius 3 is 2.45 bits per heavy atom. The van der Waals surface area contributed by atoms with Crippen molar-refractivity contribution in [1.29, 1.82) is 0 Å². The molecule has 3 N–H and O–H groups in total. The maximum atomic E-state index is 12.4. The van der Waals surface area contributed by atoms with Gasteiger partial charge in [0.05, 0.1) is 27.5 Å². The fourth-order valence-electron chi connectivity index (χ4n) is 3.11. The first-order valence-electron chi connectivity index (χ1n) is 8.95. The summed E-state index contributed by atoms with van der Waals surface area (Å²) in [6, 6.07) is 10.6. The van der Waals surface area contributed by atoms with Gasteiger partial charge in [-0.2, -0.15) is 5.10 Å². The molecule has 3 rings (SSSR count). The largest absolute Gasteiger partial charge is 0.493 e. The van der Waals surface area contributed by atoms with Crippen molar-refractivity contribution in [2.24, 2.45) is 5.10 Å². The second-order valence-electron chi connectivity index (χ2n) is 6.34. The van der Waals surface area contributed by atoms with E-state index < -0.39 is 6.04 Å². The molecule has 29 heavy (non-hydrogen) atoms. The zero-order valence-electron chi connectivity index (χ0n) is 16.4. The fourth-order valence-corrected chi connectivity index (χ4v) is 3.24. The van der Waals surface area contributed by atoms with Gasteiger partial charge in [-0.1, -0.05) is 23.7 Å². The Hall–Kier alpha value is -2.81. The number of hydrogen-bond donors (Lipinski definition) is 3. The molecule has 0 aromatic heterocycles. The second kappa shape index (κ2) is 9.60. The molecular formula is C20H23ClN4O4. The second-order valence-corrected chi connectivity index (χ2v) is 6.78. The first kappa shape index (κ1) is 20.9. The number of hydrazone groups is 1. The zero-order chi connectivity index (χ0) is 20.8. The van der Waals surface area contributed by atoms with Gasteiger partial charge < -0.3 is 14.2 Å². The summed E-state index contributed by atoms with van der Waals surface area (Å²) in [5, 5.41) is 4.72. The molecule has 1 amide bonds. The number of hydrazine groups is 1. The Kier molecular flexibility index (Phi) is 6.92. The molecule has 9 heteroatoms. The van der Waals surface area contributed by atoms with E-state index in [1.54, 1.807) is 19.2 Å². The number of halogens is 1. The van der Waals surface area contributed by atoms with Crippen LogP contribution in [-0.2, 0) is 4.79 Å². The molecule has 1 heterocycles. The summed E-state index contributed by atoms with van der Waals surface area (Å²) in [6.45, 7) is 0. The summed E-state index contributed by atoms with van der Waals surface area (Å²) >= 11 is 5.92.